The molecule has 0 fully saturated rings. The van der Waals surface area contributed by atoms with Crippen molar-refractivity contribution in [3.63, 3.8) is 0 Å². The van der Waals surface area contributed by atoms with Crippen LogP contribution < -0.4 is 34.1 Å². The maximum absolute atomic E-state index is 14.6. The number of anilines is 2. The van der Waals surface area contributed by atoms with E-state index in [4.69, 9.17) is 14.2 Å². The van der Waals surface area contributed by atoms with Crippen LogP contribution in [0.15, 0.2) is 110 Å². The van der Waals surface area contributed by atoms with Crippen LogP contribution in [0.2, 0.25) is 0 Å². The number of nitrogens with one attached hydrogen (secondary N) is 2. The van der Waals surface area contributed by atoms with Crippen molar-refractivity contribution in [1.82, 2.24) is 19.9 Å². The molecule has 0 radical (unpaired) electrons. The van der Waals surface area contributed by atoms with E-state index in [-0.39, 0.29) is 51.3 Å². The number of nitrogens with zero attached hydrogens (tertiary/aromatic N) is 5. The fraction of sp³-hybridized carbons (Fsp3) is 0.0571. The summed E-state index contributed by atoms with van der Waals surface area (Å²) in [5.41, 5.74) is -0.452. The van der Waals surface area contributed by atoms with E-state index < -0.39 is 35.6 Å². The zero-order valence-electron chi connectivity index (χ0n) is 27.0. The van der Waals surface area contributed by atoms with Crippen LogP contribution in [0.25, 0.3) is 5.69 Å². The minimum absolute atomic E-state index is 0.00401. The zero-order valence-corrected chi connectivity index (χ0v) is 27.0. The smallest absolute Gasteiger partial charge is 0.497 e. The number of pyridine rings is 1. The maximum Gasteiger partial charge on any atom is 0.573 e. The van der Waals surface area contributed by atoms with E-state index >= 15 is 0 Å². The third-order valence-corrected chi connectivity index (χ3v) is 6.85. The van der Waals surface area contributed by atoms with Crippen LogP contribution in [0.5, 0.6) is 34.5 Å². The number of aromatic nitrogens is 5. The molecule has 13 nitrogen and oxygen atoms in total. The molecule has 2 amide bonds. The molecular weight excluding hydrogens is 709 g/mol. The number of carbonyl (C=O) groups excluding carboxylic acids is 2. The Labute approximate surface area is 295 Å². The third kappa shape index (κ3) is 9.51. The number of amides is 2. The largest absolute Gasteiger partial charge is 0.573 e. The molecule has 2 N–H and O–H groups in total. The van der Waals surface area contributed by atoms with E-state index in [2.05, 4.69) is 35.3 Å². The second-order valence-corrected chi connectivity index (χ2v) is 10.7. The van der Waals surface area contributed by atoms with E-state index in [9.17, 15) is 31.5 Å². The van der Waals surface area contributed by atoms with Crippen molar-refractivity contribution < 1.29 is 55.1 Å². The van der Waals surface area contributed by atoms with Crippen molar-refractivity contribution in [3.8, 4) is 40.2 Å². The molecule has 53 heavy (non-hydrogen) atoms. The summed E-state index contributed by atoms with van der Waals surface area (Å²) in [6.45, 7) is 0. The van der Waals surface area contributed by atoms with E-state index in [1.54, 1.807) is 6.07 Å². The van der Waals surface area contributed by atoms with Gasteiger partial charge in [0.2, 0.25) is 5.75 Å². The molecule has 3 heterocycles. The molecule has 0 bridgehead atoms. The Morgan fingerprint density at radius 3 is 2.00 bits per heavy atom. The maximum atomic E-state index is 14.6. The molecule has 3 aromatic carbocycles. The molecule has 0 saturated carbocycles. The summed E-state index contributed by atoms with van der Waals surface area (Å²) < 4.78 is 90.3. The first-order valence-electron chi connectivity index (χ1n) is 15.0. The predicted octanol–water partition coefficient (Wildman–Crippen LogP) is 6.82. The van der Waals surface area contributed by atoms with Gasteiger partial charge in [0, 0.05) is 47.9 Å². The van der Waals surface area contributed by atoms with E-state index in [1.165, 1.54) is 73.5 Å². The third-order valence-electron chi connectivity index (χ3n) is 6.85. The Hall–Kier alpha value is -7.24. The molecule has 6 rings (SSSR count). The average Bonchev–Trinajstić information content (AvgIpc) is 3.11. The van der Waals surface area contributed by atoms with Crippen molar-refractivity contribution in [2.45, 2.75) is 6.36 Å². The van der Waals surface area contributed by atoms with Gasteiger partial charge in [-0.3, -0.25) is 14.6 Å². The normalized spacial score (nSPS) is 11.0. The molecule has 3 aromatic heterocycles. The van der Waals surface area contributed by atoms with E-state index in [0.29, 0.717) is 5.75 Å². The summed E-state index contributed by atoms with van der Waals surface area (Å²) in [5.74, 6) is -3.49. The highest BCUT2D eigenvalue weighted by Gasteiger charge is 2.32. The molecule has 18 heteroatoms. The monoisotopic (exact) mass is 732 g/mol. The average molecular weight is 733 g/mol. The van der Waals surface area contributed by atoms with Crippen molar-refractivity contribution in [2.24, 2.45) is 0 Å². The number of carbonyl (C=O) groups is 2. The number of ether oxygens (including phenoxy) is 4. The van der Waals surface area contributed by atoms with Crippen LogP contribution in [0.4, 0.5) is 33.3 Å². The molecule has 0 atom stereocenters. The van der Waals surface area contributed by atoms with Gasteiger partial charge in [-0.15, -0.1) is 13.2 Å². The second kappa shape index (κ2) is 15.3. The first-order chi connectivity index (χ1) is 25.4. The van der Waals surface area contributed by atoms with E-state index in [0.717, 1.165) is 42.5 Å². The summed E-state index contributed by atoms with van der Waals surface area (Å²) >= 11 is 0. The fourth-order valence-corrected chi connectivity index (χ4v) is 4.74. The van der Waals surface area contributed by atoms with Gasteiger partial charge in [-0.25, -0.2) is 18.7 Å². The van der Waals surface area contributed by atoms with Gasteiger partial charge in [0.1, 0.15) is 58.5 Å². The van der Waals surface area contributed by atoms with Crippen molar-refractivity contribution in [3.05, 3.63) is 133 Å². The molecule has 0 aliphatic carbocycles. The van der Waals surface area contributed by atoms with Crippen LogP contribution in [-0.4, -0.2) is 45.2 Å². The first kappa shape index (κ1) is 35.6. The SMILES string of the molecule is COc1ccnc(C(=O)Nc2cc(F)cc(Oc3cnc[n+](-c4ccc(OC(F)(F)F)cc4C(=O)Nc4cc(F)cc(Oc5cncnc5)c4)c3)c2)c1. The Morgan fingerprint density at radius 1 is 0.698 bits per heavy atom. The van der Waals surface area contributed by atoms with Gasteiger partial charge in [-0.2, -0.15) is 4.57 Å². The number of hydrogen-bond donors (Lipinski definition) is 2. The highest BCUT2D eigenvalue weighted by Crippen LogP contribution is 2.30. The van der Waals surface area contributed by atoms with Crippen LogP contribution in [0, 0.1) is 11.6 Å². The number of hydrogen-bond acceptors (Lipinski definition) is 10. The molecule has 0 saturated heterocycles. The molecule has 0 aliphatic heterocycles. The lowest BCUT2D eigenvalue weighted by molar-refractivity contribution is -0.599. The summed E-state index contributed by atoms with van der Waals surface area (Å²) in [5, 5.41) is 4.97. The minimum atomic E-state index is -5.08. The Balaban J connectivity index is 1.27. The van der Waals surface area contributed by atoms with Crippen molar-refractivity contribution in [1.29, 1.82) is 0 Å². The van der Waals surface area contributed by atoms with Gasteiger partial charge in [0.15, 0.2) is 11.9 Å². The van der Waals surface area contributed by atoms with Gasteiger partial charge < -0.3 is 29.6 Å². The summed E-state index contributed by atoms with van der Waals surface area (Å²) in [6, 6.07) is 12.6. The van der Waals surface area contributed by atoms with Gasteiger partial charge in [-0.1, -0.05) is 4.98 Å². The van der Waals surface area contributed by atoms with Crippen molar-refractivity contribution >= 4 is 23.2 Å². The Bertz CT molecular complexity index is 2300. The lowest BCUT2D eigenvalue weighted by Crippen LogP contribution is -2.34. The van der Waals surface area contributed by atoms with E-state index in [1.807, 2.05) is 0 Å². The Kier molecular flexibility index (Phi) is 10.3. The van der Waals surface area contributed by atoms with Crippen LogP contribution in [0.1, 0.15) is 20.8 Å². The molecular formula is C35H23F5N7O6+. The highest BCUT2D eigenvalue weighted by atomic mass is 19.4. The summed E-state index contributed by atoms with van der Waals surface area (Å²) in [4.78, 5) is 42.0. The van der Waals surface area contributed by atoms with Gasteiger partial charge in [0.25, 0.3) is 18.1 Å². The highest BCUT2D eigenvalue weighted by molar-refractivity contribution is 6.06. The van der Waals surface area contributed by atoms with Gasteiger partial charge in [0.05, 0.1) is 25.1 Å². The molecule has 0 spiro atoms. The summed E-state index contributed by atoms with van der Waals surface area (Å²) in [7, 11) is 1.42. The van der Waals surface area contributed by atoms with Gasteiger partial charge >= 0.3 is 6.36 Å². The summed E-state index contributed by atoms with van der Waals surface area (Å²) in [6.07, 6.45) is 3.96. The zero-order chi connectivity index (χ0) is 37.5. The molecule has 0 unspecified atom stereocenters. The van der Waals surface area contributed by atoms with Crippen LogP contribution in [0.3, 0.4) is 0 Å². The van der Waals surface area contributed by atoms with Crippen molar-refractivity contribution in [2.75, 3.05) is 17.7 Å². The molecule has 6 aromatic rings. The quantitative estimate of drug-likeness (QED) is 0.107. The number of methoxy groups -OCH3 is 1. The van der Waals surface area contributed by atoms with Crippen LogP contribution in [-0.2, 0) is 0 Å². The first-order valence-corrected chi connectivity index (χ1v) is 15.0. The topological polar surface area (TPSA) is 151 Å². The minimum Gasteiger partial charge on any atom is -0.497 e. The number of rotatable bonds is 11. The lowest BCUT2D eigenvalue weighted by atomic mass is 10.1. The standard InChI is InChI=1S/C35H22F5N7O6/c1-50-24-4-5-44-31(13-24)34(49)46-23-7-21(37)9-27(11-23)52-29-16-43-19-47(17-29)32-3-2-25(53-35(38,39)40)12-30(32)33(48)45-22-6-20(36)8-26(10-22)51-28-14-41-18-42-15-28/h2-19H,1H3,(H-,45,46,48,49)/p+1. The number of alkyl halides is 3. The fourth-order valence-electron chi connectivity index (χ4n) is 4.74. The Morgan fingerprint density at radius 2 is 1.34 bits per heavy atom. The molecule has 0 aliphatic rings. The van der Waals surface area contributed by atoms with Gasteiger partial charge in [-0.05, 0) is 36.4 Å². The second-order valence-electron chi connectivity index (χ2n) is 10.7. The van der Waals surface area contributed by atoms with Crippen LogP contribution >= 0.6 is 0 Å². The molecule has 268 valence electrons. The number of benzene rings is 3. The lowest BCUT2D eigenvalue weighted by Gasteiger charge is -2.14. The number of halogens is 5. The predicted molar refractivity (Wildman–Crippen MR) is 174 cm³/mol.